The SMILES string of the molecule is Cc1cc(Nc2ccc3c(c2)ncn3-c2ccccc2)n2ncnc2n1. The van der Waals surface area contributed by atoms with Crippen LogP contribution < -0.4 is 5.32 Å². The molecule has 0 saturated carbocycles. The third kappa shape index (κ3) is 2.37. The van der Waals surface area contributed by atoms with Crippen LogP contribution in [0.25, 0.3) is 22.5 Å². The average molecular weight is 341 g/mol. The van der Waals surface area contributed by atoms with Gasteiger partial charge in [-0.25, -0.2) is 9.97 Å². The number of hydrogen-bond donors (Lipinski definition) is 1. The van der Waals surface area contributed by atoms with Crippen molar-refractivity contribution >= 4 is 28.3 Å². The maximum atomic E-state index is 4.54. The third-order valence-corrected chi connectivity index (χ3v) is 4.23. The van der Waals surface area contributed by atoms with Crippen LogP contribution in [0.4, 0.5) is 11.5 Å². The summed E-state index contributed by atoms with van der Waals surface area (Å²) in [7, 11) is 0. The van der Waals surface area contributed by atoms with Gasteiger partial charge in [0.2, 0.25) is 0 Å². The first-order valence-electron chi connectivity index (χ1n) is 8.25. The van der Waals surface area contributed by atoms with Crippen LogP contribution in [0, 0.1) is 6.92 Å². The van der Waals surface area contributed by atoms with Crippen molar-refractivity contribution in [3.8, 4) is 5.69 Å². The Kier molecular flexibility index (Phi) is 3.18. The Labute approximate surface area is 149 Å². The molecule has 5 aromatic rings. The van der Waals surface area contributed by atoms with E-state index in [9.17, 15) is 0 Å². The average Bonchev–Trinajstić information content (AvgIpc) is 3.28. The van der Waals surface area contributed by atoms with Crippen LogP contribution in [0.3, 0.4) is 0 Å². The topological polar surface area (TPSA) is 72.9 Å². The summed E-state index contributed by atoms with van der Waals surface area (Å²) < 4.78 is 3.76. The zero-order valence-corrected chi connectivity index (χ0v) is 14.0. The zero-order valence-electron chi connectivity index (χ0n) is 14.0. The summed E-state index contributed by atoms with van der Waals surface area (Å²) in [5.74, 6) is 1.38. The van der Waals surface area contributed by atoms with Crippen molar-refractivity contribution in [1.29, 1.82) is 0 Å². The van der Waals surface area contributed by atoms with Gasteiger partial charge in [0.25, 0.3) is 5.78 Å². The highest BCUT2D eigenvalue weighted by Crippen LogP contribution is 2.24. The Balaban J connectivity index is 1.55. The van der Waals surface area contributed by atoms with Gasteiger partial charge in [-0.05, 0) is 37.3 Å². The number of aromatic nitrogens is 6. The molecular formula is C19H15N7. The van der Waals surface area contributed by atoms with E-state index in [1.807, 2.05) is 49.6 Å². The first-order chi connectivity index (χ1) is 12.8. The van der Waals surface area contributed by atoms with E-state index in [1.165, 1.54) is 6.33 Å². The second-order valence-electron chi connectivity index (χ2n) is 6.03. The zero-order chi connectivity index (χ0) is 17.5. The van der Waals surface area contributed by atoms with Crippen LogP contribution in [0.1, 0.15) is 5.69 Å². The van der Waals surface area contributed by atoms with Gasteiger partial charge in [0.05, 0.1) is 11.0 Å². The lowest BCUT2D eigenvalue weighted by Gasteiger charge is -2.09. The van der Waals surface area contributed by atoms with Crippen molar-refractivity contribution in [2.75, 3.05) is 5.32 Å². The summed E-state index contributed by atoms with van der Waals surface area (Å²) in [6.07, 6.45) is 3.34. The Morgan fingerprint density at radius 3 is 2.73 bits per heavy atom. The number of aryl methyl sites for hydroxylation is 1. The largest absolute Gasteiger partial charge is 0.340 e. The maximum Gasteiger partial charge on any atom is 0.254 e. The first kappa shape index (κ1) is 14.6. The molecule has 0 aliphatic rings. The molecule has 126 valence electrons. The predicted octanol–water partition coefficient (Wildman–Crippen LogP) is 3.52. The molecule has 0 bridgehead atoms. The van der Waals surface area contributed by atoms with E-state index in [1.54, 1.807) is 4.52 Å². The van der Waals surface area contributed by atoms with E-state index in [4.69, 9.17) is 0 Å². The summed E-state index contributed by atoms with van der Waals surface area (Å²) in [5.41, 5.74) is 4.86. The molecule has 3 heterocycles. The maximum absolute atomic E-state index is 4.54. The standard InChI is InChI=1S/C19H15N7/c1-13-9-18(26-19(23-13)20-11-22-26)24-14-7-8-17-16(10-14)21-12-25(17)15-5-3-2-4-6-15/h2-12,24H,1H3. The monoisotopic (exact) mass is 341 g/mol. The normalized spacial score (nSPS) is 11.3. The van der Waals surface area contributed by atoms with E-state index in [0.29, 0.717) is 5.78 Å². The second-order valence-corrected chi connectivity index (χ2v) is 6.03. The fourth-order valence-electron chi connectivity index (χ4n) is 3.05. The first-order valence-corrected chi connectivity index (χ1v) is 8.25. The minimum atomic E-state index is 0.571. The van der Waals surface area contributed by atoms with Crippen molar-refractivity contribution < 1.29 is 0 Å². The number of benzene rings is 2. The Morgan fingerprint density at radius 1 is 0.962 bits per heavy atom. The van der Waals surface area contributed by atoms with E-state index in [2.05, 4.69) is 48.1 Å². The van der Waals surface area contributed by atoms with Crippen LogP contribution in [0.15, 0.2) is 67.3 Å². The molecule has 0 saturated heterocycles. The third-order valence-electron chi connectivity index (χ3n) is 4.23. The van der Waals surface area contributed by atoms with Gasteiger partial charge < -0.3 is 5.32 Å². The highest BCUT2D eigenvalue weighted by Gasteiger charge is 2.08. The molecule has 0 amide bonds. The van der Waals surface area contributed by atoms with Crippen molar-refractivity contribution in [2.24, 2.45) is 0 Å². The van der Waals surface area contributed by atoms with Gasteiger partial charge in [0.15, 0.2) is 0 Å². The Hall–Kier alpha value is -3.74. The molecule has 0 unspecified atom stereocenters. The fraction of sp³-hybridized carbons (Fsp3) is 0.0526. The van der Waals surface area contributed by atoms with Gasteiger partial charge in [-0.15, -0.1) is 0 Å². The molecule has 0 fully saturated rings. The molecule has 0 aliphatic carbocycles. The van der Waals surface area contributed by atoms with Crippen molar-refractivity contribution in [2.45, 2.75) is 6.92 Å². The van der Waals surface area contributed by atoms with Gasteiger partial charge in [0.1, 0.15) is 18.5 Å². The van der Waals surface area contributed by atoms with Crippen LogP contribution in [-0.2, 0) is 0 Å². The molecule has 7 nitrogen and oxygen atoms in total. The highest BCUT2D eigenvalue weighted by atomic mass is 15.3. The molecule has 7 heteroatoms. The summed E-state index contributed by atoms with van der Waals surface area (Å²) >= 11 is 0. The van der Waals surface area contributed by atoms with Crippen molar-refractivity contribution in [3.63, 3.8) is 0 Å². The summed E-state index contributed by atoms with van der Waals surface area (Å²) in [4.78, 5) is 13.1. The van der Waals surface area contributed by atoms with Gasteiger partial charge in [-0.1, -0.05) is 18.2 Å². The van der Waals surface area contributed by atoms with Gasteiger partial charge in [-0.3, -0.25) is 4.57 Å². The number of nitrogens with zero attached hydrogens (tertiary/aromatic N) is 6. The number of rotatable bonds is 3. The van der Waals surface area contributed by atoms with Crippen molar-refractivity contribution in [3.05, 3.63) is 72.9 Å². The van der Waals surface area contributed by atoms with Crippen LogP contribution in [0.5, 0.6) is 0 Å². The second kappa shape index (κ2) is 5.66. The molecule has 0 aliphatic heterocycles. The van der Waals surface area contributed by atoms with E-state index >= 15 is 0 Å². The number of nitrogens with one attached hydrogen (secondary N) is 1. The van der Waals surface area contributed by atoms with Gasteiger partial charge in [0, 0.05) is 23.1 Å². The molecular weight excluding hydrogens is 326 g/mol. The van der Waals surface area contributed by atoms with Crippen LogP contribution in [0.2, 0.25) is 0 Å². The summed E-state index contributed by atoms with van der Waals surface area (Å²) in [5, 5.41) is 7.61. The Morgan fingerprint density at radius 2 is 1.85 bits per heavy atom. The van der Waals surface area contributed by atoms with E-state index < -0.39 is 0 Å². The number of imidazole rings is 1. The van der Waals surface area contributed by atoms with E-state index in [-0.39, 0.29) is 0 Å². The quantitative estimate of drug-likeness (QED) is 0.543. The van der Waals surface area contributed by atoms with Crippen molar-refractivity contribution in [1.82, 2.24) is 29.1 Å². The summed E-state index contributed by atoms with van der Waals surface area (Å²) in [6, 6.07) is 18.2. The molecule has 0 radical (unpaired) electrons. The molecule has 26 heavy (non-hydrogen) atoms. The number of fused-ring (bicyclic) bond motifs is 2. The van der Waals surface area contributed by atoms with Crippen LogP contribution >= 0.6 is 0 Å². The molecule has 3 aromatic heterocycles. The Bertz CT molecular complexity index is 1220. The fourth-order valence-corrected chi connectivity index (χ4v) is 3.05. The summed E-state index contributed by atoms with van der Waals surface area (Å²) in [6.45, 7) is 1.94. The molecule has 1 N–H and O–H groups in total. The number of anilines is 2. The molecule has 0 spiro atoms. The molecule has 5 rings (SSSR count). The smallest absolute Gasteiger partial charge is 0.254 e. The number of hydrogen-bond acceptors (Lipinski definition) is 5. The molecule has 0 atom stereocenters. The van der Waals surface area contributed by atoms with Crippen LogP contribution in [-0.4, -0.2) is 29.1 Å². The number of para-hydroxylation sites is 1. The minimum absolute atomic E-state index is 0.571. The predicted molar refractivity (Wildman–Crippen MR) is 99.9 cm³/mol. The minimum Gasteiger partial charge on any atom is -0.340 e. The lowest BCUT2D eigenvalue weighted by Crippen LogP contribution is -2.02. The van der Waals surface area contributed by atoms with E-state index in [0.717, 1.165) is 33.9 Å². The van der Waals surface area contributed by atoms with Gasteiger partial charge in [-0.2, -0.15) is 14.6 Å². The van der Waals surface area contributed by atoms with Gasteiger partial charge >= 0.3 is 0 Å². The molecule has 2 aromatic carbocycles. The highest BCUT2D eigenvalue weighted by molar-refractivity contribution is 5.82. The lowest BCUT2D eigenvalue weighted by molar-refractivity contribution is 0.937. The lowest BCUT2D eigenvalue weighted by atomic mass is 10.2.